The molecule has 198 valence electrons. The van der Waals surface area contributed by atoms with Gasteiger partial charge in [-0.25, -0.2) is 19.2 Å². The van der Waals surface area contributed by atoms with E-state index >= 15 is 0 Å². The number of anilines is 3. The molecule has 5 rings (SSSR count). The minimum Gasteiger partial charge on any atom is -0.444 e. The number of carbonyl (C=O) groups excluding carboxylic acids is 1. The largest absolute Gasteiger partial charge is 0.444 e. The molecular formula is C25H27FN8O2S2. The van der Waals surface area contributed by atoms with E-state index in [9.17, 15) is 14.4 Å². The third-order valence-corrected chi connectivity index (χ3v) is 7.70. The maximum atomic E-state index is 13.4. The zero-order valence-electron chi connectivity index (χ0n) is 21.4. The van der Waals surface area contributed by atoms with Crippen LogP contribution in [-0.2, 0) is 11.2 Å². The van der Waals surface area contributed by atoms with Crippen molar-refractivity contribution in [3.05, 3.63) is 40.7 Å². The molecule has 1 unspecified atom stereocenters. The molecule has 1 fully saturated rings. The summed E-state index contributed by atoms with van der Waals surface area (Å²) in [5, 5.41) is 22.0. The molecule has 1 saturated heterocycles. The summed E-state index contributed by atoms with van der Waals surface area (Å²) in [6.07, 6.45) is 1.05. The number of nitrogens with one attached hydrogen (secondary N) is 2. The van der Waals surface area contributed by atoms with Crippen molar-refractivity contribution in [2.24, 2.45) is 0 Å². The van der Waals surface area contributed by atoms with Gasteiger partial charge in [-0.2, -0.15) is 9.78 Å². The molecular weight excluding hydrogens is 527 g/mol. The van der Waals surface area contributed by atoms with E-state index in [0.29, 0.717) is 40.0 Å². The van der Waals surface area contributed by atoms with E-state index in [4.69, 9.17) is 14.8 Å². The number of hydrogen-bond donors (Lipinski definition) is 2. The van der Waals surface area contributed by atoms with Gasteiger partial charge in [0.25, 0.3) is 0 Å². The predicted octanol–water partition coefficient (Wildman–Crippen LogP) is 5.33. The molecule has 1 atom stereocenters. The summed E-state index contributed by atoms with van der Waals surface area (Å²) in [4.78, 5) is 24.8. The van der Waals surface area contributed by atoms with Crippen LogP contribution in [0.5, 0.6) is 0 Å². The van der Waals surface area contributed by atoms with Crippen molar-refractivity contribution < 1.29 is 13.9 Å². The maximum absolute atomic E-state index is 13.4. The van der Waals surface area contributed by atoms with E-state index in [1.54, 1.807) is 16.6 Å². The fourth-order valence-corrected chi connectivity index (χ4v) is 5.90. The van der Waals surface area contributed by atoms with Gasteiger partial charge in [0, 0.05) is 18.7 Å². The number of carbonyl (C=O) groups is 1. The molecule has 1 amide bonds. The summed E-state index contributed by atoms with van der Waals surface area (Å²) in [6.45, 7) is 8.90. The standard InChI is InChI=1S/C25H27FN8O2S2/c1-5-17-20(31-21-30-19(18(12-27)37-21)14-6-8-15(26)9-7-14)34-22(29-17)38-23(32-34)33-11-10-16(13-33)28-24(35)36-25(2,3)4/h6-9,16H,5,10-11,13H2,1-4H3,(H,28,35)(H,30,31). The lowest BCUT2D eigenvalue weighted by Gasteiger charge is -2.21. The highest BCUT2D eigenvalue weighted by molar-refractivity contribution is 7.20. The molecule has 10 nitrogen and oxygen atoms in total. The smallest absolute Gasteiger partial charge is 0.407 e. The van der Waals surface area contributed by atoms with Crippen LogP contribution in [0.2, 0.25) is 0 Å². The van der Waals surface area contributed by atoms with E-state index in [-0.39, 0.29) is 11.9 Å². The molecule has 1 aromatic carbocycles. The summed E-state index contributed by atoms with van der Waals surface area (Å²) < 4.78 is 20.5. The second-order valence-electron chi connectivity index (χ2n) is 9.86. The summed E-state index contributed by atoms with van der Waals surface area (Å²) >= 11 is 2.70. The normalized spacial score (nSPS) is 15.6. The molecule has 0 aliphatic carbocycles. The third kappa shape index (κ3) is 5.41. The van der Waals surface area contributed by atoms with Crippen LogP contribution >= 0.6 is 22.7 Å². The third-order valence-electron chi connectivity index (χ3n) is 5.85. The van der Waals surface area contributed by atoms with Crippen LogP contribution < -0.4 is 15.5 Å². The second-order valence-corrected chi connectivity index (χ2v) is 11.8. The molecule has 1 aliphatic rings. The van der Waals surface area contributed by atoms with E-state index in [2.05, 4.69) is 26.6 Å². The molecule has 13 heteroatoms. The minimum absolute atomic E-state index is 0.0329. The first-order valence-electron chi connectivity index (χ1n) is 12.2. The molecule has 0 radical (unpaired) electrons. The zero-order chi connectivity index (χ0) is 27.0. The number of alkyl carbamates (subject to hydrolysis) is 1. The highest BCUT2D eigenvalue weighted by atomic mass is 32.1. The summed E-state index contributed by atoms with van der Waals surface area (Å²) in [6, 6.07) is 8.07. The quantitative estimate of drug-likeness (QED) is 0.328. The summed E-state index contributed by atoms with van der Waals surface area (Å²) in [5.41, 5.74) is 1.45. The predicted molar refractivity (Wildman–Crippen MR) is 146 cm³/mol. The Morgan fingerprint density at radius 3 is 2.71 bits per heavy atom. The lowest BCUT2D eigenvalue weighted by molar-refractivity contribution is 0.0509. The van der Waals surface area contributed by atoms with Crippen LogP contribution in [0.3, 0.4) is 0 Å². The SMILES string of the molecule is CCc1nc2sc(N3CCC(NC(=O)OC(C)(C)C)C3)nn2c1Nc1nc(-c2ccc(F)cc2)c(C#N)s1. The number of amides is 1. The van der Waals surface area contributed by atoms with Crippen LogP contribution in [0.1, 0.15) is 44.7 Å². The number of rotatable bonds is 6. The number of ether oxygens (including phenoxy) is 1. The van der Waals surface area contributed by atoms with Crippen molar-refractivity contribution in [3.8, 4) is 17.3 Å². The number of thiazole rings is 1. The zero-order valence-corrected chi connectivity index (χ0v) is 23.0. The Morgan fingerprint density at radius 1 is 1.26 bits per heavy atom. The Hall–Kier alpha value is -3.76. The number of nitrogens with zero attached hydrogens (tertiary/aromatic N) is 6. The first-order chi connectivity index (χ1) is 18.1. The molecule has 0 spiro atoms. The van der Waals surface area contributed by atoms with Crippen LogP contribution in [0.25, 0.3) is 16.2 Å². The van der Waals surface area contributed by atoms with Gasteiger partial charge in [0.05, 0.1) is 11.7 Å². The number of aryl methyl sites for hydroxylation is 1. The van der Waals surface area contributed by atoms with Crippen molar-refractivity contribution >= 4 is 49.8 Å². The molecule has 4 aromatic rings. The number of imidazole rings is 1. The lowest BCUT2D eigenvalue weighted by Crippen LogP contribution is -2.40. The maximum Gasteiger partial charge on any atom is 0.407 e. The Kier molecular flexibility index (Phi) is 6.93. The van der Waals surface area contributed by atoms with Gasteiger partial charge in [-0.1, -0.05) is 29.6 Å². The van der Waals surface area contributed by atoms with Gasteiger partial charge in [-0.05, 0) is 57.9 Å². The number of hydrogen-bond acceptors (Lipinski definition) is 10. The first-order valence-corrected chi connectivity index (χ1v) is 13.8. The first kappa shape index (κ1) is 25.9. The highest BCUT2D eigenvalue weighted by Crippen LogP contribution is 2.35. The molecule has 1 aliphatic heterocycles. The van der Waals surface area contributed by atoms with Gasteiger partial charge >= 0.3 is 6.09 Å². The van der Waals surface area contributed by atoms with Crippen molar-refractivity contribution in [2.75, 3.05) is 23.3 Å². The second kappa shape index (κ2) is 10.2. The number of fused-ring (bicyclic) bond motifs is 1. The molecule has 2 N–H and O–H groups in total. The number of halogens is 1. The number of benzene rings is 1. The summed E-state index contributed by atoms with van der Waals surface area (Å²) in [7, 11) is 0. The molecule has 0 bridgehead atoms. The van der Waals surface area contributed by atoms with Gasteiger partial charge in [0.2, 0.25) is 10.1 Å². The van der Waals surface area contributed by atoms with Crippen molar-refractivity contribution in [2.45, 2.75) is 52.2 Å². The van der Waals surface area contributed by atoms with Crippen LogP contribution in [0, 0.1) is 17.1 Å². The van der Waals surface area contributed by atoms with Gasteiger partial charge in [-0.15, -0.1) is 5.10 Å². The van der Waals surface area contributed by atoms with Gasteiger partial charge in [-0.3, -0.25) is 0 Å². The monoisotopic (exact) mass is 554 g/mol. The Morgan fingerprint density at radius 2 is 2.03 bits per heavy atom. The lowest BCUT2D eigenvalue weighted by atomic mass is 10.1. The fourth-order valence-electron chi connectivity index (χ4n) is 4.16. The average molecular weight is 555 g/mol. The van der Waals surface area contributed by atoms with Crippen LogP contribution in [-0.4, -0.2) is 50.4 Å². The van der Waals surface area contributed by atoms with E-state index in [0.717, 1.165) is 28.8 Å². The minimum atomic E-state index is -0.547. The van der Waals surface area contributed by atoms with Crippen LogP contribution in [0.15, 0.2) is 24.3 Å². The van der Waals surface area contributed by atoms with E-state index in [1.807, 2.05) is 27.7 Å². The molecule has 0 saturated carbocycles. The Balaban J connectivity index is 1.36. The average Bonchev–Trinajstić information content (AvgIpc) is 3.62. The van der Waals surface area contributed by atoms with Crippen molar-refractivity contribution in [3.63, 3.8) is 0 Å². The van der Waals surface area contributed by atoms with E-state index < -0.39 is 11.7 Å². The molecule has 3 aromatic heterocycles. The van der Waals surface area contributed by atoms with Crippen LogP contribution in [0.4, 0.5) is 25.3 Å². The Bertz CT molecular complexity index is 1510. The van der Waals surface area contributed by atoms with Crippen molar-refractivity contribution in [1.29, 1.82) is 5.26 Å². The number of aromatic nitrogens is 4. The summed E-state index contributed by atoms with van der Waals surface area (Å²) in [5.74, 6) is 0.343. The molecule has 38 heavy (non-hydrogen) atoms. The molecule has 4 heterocycles. The van der Waals surface area contributed by atoms with E-state index in [1.165, 1.54) is 34.8 Å². The topological polar surface area (TPSA) is 120 Å². The van der Waals surface area contributed by atoms with Gasteiger partial charge in [0.15, 0.2) is 10.9 Å². The van der Waals surface area contributed by atoms with Gasteiger partial charge in [0.1, 0.15) is 28.1 Å². The highest BCUT2D eigenvalue weighted by Gasteiger charge is 2.29. The van der Waals surface area contributed by atoms with Crippen molar-refractivity contribution in [1.82, 2.24) is 24.9 Å². The van der Waals surface area contributed by atoms with Gasteiger partial charge < -0.3 is 20.3 Å². The Labute approximate surface area is 227 Å². The fraction of sp³-hybridized carbons (Fsp3) is 0.400. The number of nitriles is 1.